The molecule has 0 unspecified atom stereocenters. The fraction of sp³-hybridized carbons (Fsp3) is 0.0667. The third-order valence-electron chi connectivity index (χ3n) is 3.09. The van der Waals surface area contributed by atoms with Crippen molar-refractivity contribution in [3.63, 3.8) is 0 Å². The first-order valence-electron chi connectivity index (χ1n) is 5.82. The lowest BCUT2D eigenvalue weighted by Gasteiger charge is -2.12. The van der Waals surface area contributed by atoms with Gasteiger partial charge in [-0.1, -0.05) is 36.4 Å². The fourth-order valence-electron chi connectivity index (χ4n) is 1.99. The van der Waals surface area contributed by atoms with Gasteiger partial charge in [0, 0.05) is 4.88 Å². The Labute approximate surface area is 114 Å². The second-order valence-corrected chi connectivity index (χ2v) is 5.53. The van der Waals surface area contributed by atoms with Crippen LogP contribution in [0.1, 0.15) is 20.8 Å². The van der Waals surface area contributed by atoms with Gasteiger partial charge in [0.25, 0.3) is 11.8 Å². The molecule has 1 aliphatic rings. The lowest BCUT2D eigenvalue weighted by molar-refractivity contribution is -0.114. The van der Waals surface area contributed by atoms with E-state index in [1.807, 2.05) is 37.3 Å². The number of carbonyl (C=O) groups excluding carboxylic acids is 2. The van der Waals surface area contributed by atoms with Crippen molar-refractivity contribution in [1.82, 2.24) is 5.32 Å². The van der Waals surface area contributed by atoms with Gasteiger partial charge in [0.15, 0.2) is 0 Å². The summed E-state index contributed by atoms with van der Waals surface area (Å²) in [4.78, 5) is 24.9. The highest BCUT2D eigenvalue weighted by Crippen LogP contribution is 2.36. The Morgan fingerprint density at radius 3 is 2.47 bits per heavy atom. The third-order valence-corrected chi connectivity index (χ3v) is 4.33. The van der Waals surface area contributed by atoms with E-state index in [1.165, 1.54) is 16.9 Å². The second kappa shape index (κ2) is 4.17. The van der Waals surface area contributed by atoms with Gasteiger partial charge < -0.3 is 0 Å². The maximum absolute atomic E-state index is 11.8. The van der Waals surface area contributed by atoms with Gasteiger partial charge in [-0.25, -0.2) is 0 Å². The van der Waals surface area contributed by atoms with E-state index in [9.17, 15) is 9.59 Å². The summed E-state index contributed by atoms with van der Waals surface area (Å²) in [6, 6.07) is 9.88. The lowest BCUT2D eigenvalue weighted by atomic mass is 10.0. The zero-order valence-electron chi connectivity index (χ0n) is 10.3. The summed E-state index contributed by atoms with van der Waals surface area (Å²) >= 11 is 1.43. The highest BCUT2D eigenvalue weighted by molar-refractivity contribution is 7.17. The molecule has 1 aliphatic heterocycles. The first-order valence-corrected chi connectivity index (χ1v) is 6.64. The van der Waals surface area contributed by atoms with Gasteiger partial charge in [-0.15, -0.1) is 11.3 Å². The summed E-state index contributed by atoms with van der Waals surface area (Å²) < 4.78 is 0. The van der Waals surface area contributed by atoms with Crippen molar-refractivity contribution < 1.29 is 9.59 Å². The first-order chi connectivity index (χ1) is 9.06. The topological polar surface area (TPSA) is 46.2 Å². The third kappa shape index (κ3) is 1.90. The quantitative estimate of drug-likeness (QED) is 0.639. The minimum absolute atomic E-state index is 0.345. The molecule has 0 saturated carbocycles. The van der Waals surface area contributed by atoms with Crippen molar-refractivity contribution in [2.75, 3.05) is 0 Å². The average molecular weight is 269 g/mol. The van der Waals surface area contributed by atoms with Gasteiger partial charge in [-0.3, -0.25) is 14.9 Å². The minimum Gasteiger partial charge on any atom is -0.288 e. The van der Waals surface area contributed by atoms with Crippen LogP contribution in [0.2, 0.25) is 0 Å². The van der Waals surface area contributed by atoms with Crippen LogP contribution in [0.3, 0.4) is 0 Å². The number of carbonyl (C=O) groups is 2. The largest absolute Gasteiger partial charge is 0.288 e. The molecular formula is C15H11NO2S. The summed E-state index contributed by atoms with van der Waals surface area (Å²) in [7, 11) is 0. The molecule has 0 saturated heterocycles. The van der Waals surface area contributed by atoms with Crippen LogP contribution in [0.4, 0.5) is 0 Å². The van der Waals surface area contributed by atoms with Crippen LogP contribution in [0.15, 0.2) is 36.9 Å². The number of rotatable bonds is 1. The van der Waals surface area contributed by atoms with E-state index < -0.39 is 5.91 Å². The minimum atomic E-state index is -0.408. The number of imide groups is 1. The van der Waals surface area contributed by atoms with Crippen LogP contribution in [-0.4, -0.2) is 11.8 Å². The molecule has 1 N–H and O–H groups in total. The number of nitrogens with one attached hydrogen (secondary N) is 1. The molecule has 0 atom stereocenters. The summed E-state index contributed by atoms with van der Waals surface area (Å²) in [5.41, 5.74) is 3.11. The smallest absolute Gasteiger partial charge is 0.259 e. The molecule has 3 nitrogen and oxygen atoms in total. The van der Waals surface area contributed by atoms with E-state index in [1.54, 1.807) is 0 Å². The number of amides is 2. The molecule has 0 fully saturated rings. The van der Waals surface area contributed by atoms with Gasteiger partial charge in [0.2, 0.25) is 0 Å². The number of hydrogen-bond acceptors (Lipinski definition) is 3. The van der Waals surface area contributed by atoms with E-state index in [2.05, 4.69) is 11.9 Å². The summed E-state index contributed by atoms with van der Waals surface area (Å²) in [5, 5.41) is 2.29. The molecule has 0 radical (unpaired) electrons. The maximum atomic E-state index is 11.8. The Hall–Kier alpha value is -2.20. The van der Waals surface area contributed by atoms with Crippen LogP contribution in [0.5, 0.6) is 0 Å². The van der Waals surface area contributed by atoms with Crippen molar-refractivity contribution in [3.05, 3.63) is 52.9 Å². The SMILES string of the molecule is C=C1C(=O)NC(=O)c2cc(-c3ccc(C)cc3)sc21. The first kappa shape index (κ1) is 11.9. The Morgan fingerprint density at radius 2 is 1.79 bits per heavy atom. The van der Waals surface area contributed by atoms with Crippen LogP contribution in [-0.2, 0) is 4.79 Å². The lowest BCUT2D eigenvalue weighted by Crippen LogP contribution is -2.35. The highest BCUT2D eigenvalue weighted by Gasteiger charge is 2.28. The number of fused-ring (bicyclic) bond motifs is 1. The number of benzene rings is 1. The molecule has 0 spiro atoms. The molecule has 2 amide bonds. The van der Waals surface area contributed by atoms with E-state index in [0.29, 0.717) is 16.0 Å². The molecule has 4 heteroatoms. The van der Waals surface area contributed by atoms with Gasteiger partial charge in [-0.2, -0.15) is 0 Å². The highest BCUT2D eigenvalue weighted by atomic mass is 32.1. The summed E-state index contributed by atoms with van der Waals surface area (Å²) in [5.74, 6) is -0.753. The van der Waals surface area contributed by atoms with Crippen molar-refractivity contribution in [2.24, 2.45) is 0 Å². The van der Waals surface area contributed by atoms with Gasteiger partial charge >= 0.3 is 0 Å². The molecule has 2 heterocycles. The Bertz CT molecular complexity index is 710. The maximum Gasteiger partial charge on any atom is 0.259 e. The van der Waals surface area contributed by atoms with Crippen molar-refractivity contribution in [2.45, 2.75) is 6.92 Å². The zero-order chi connectivity index (χ0) is 13.6. The molecule has 1 aromatic heterocycles. The zero-order valence-corrected chi connectivity index (χ0v) is 11.1. The molecule has 3 rings (SSSR count). The normalized spacial score (nSPS) is 14.3. The number of hydrogen-bond donors (Lipinski definition) is 1. The van der Waals surface area contributed by atoms with Gasteiger partial charge in [0.1, 0.15) is 0 Å². The summed E-state index contributed by atoms with van der Waals surface area (Å²) in [6.07, 6.45) is 0. The second-order valence-electron chi connectivity index (χ2n) is 4.48. The summed E-state index contributed by atoms with van der Waals surface area (Å²) in [6.45, 7) is 5.76. The molecule has 0 aliphatic carbocycles. The molecule has 19 heavy (non-hydrogen) atoms. The van der Waals surface area contributed by atoms with E-state index in [-0.39, 0.29) is 5.91 Å². The number of aryl methyl sites for hydroxylation is 1. The average Bonchev–Trinajstić information content (AvgIpc) is 2.83. The van der Waals surface area contributed by atoms with Crippen LogP contribution < -0.4 is 5.32 Å². The standard InChI is InChI=1S/C15H11NO2S/c1-8-3-5-10(6-4-8)12-7-11-13(19-12)9(2)14(17)16-15(11)18/h3-7H,2H2,1H3,(H,16,17,18). The van der Waals surface area contributed by atoms with Crippen LogP contribution in [0, 0.1) is 6.92 Å². The predicted octanol–water partition coefficient (Wildman–Crippen LogP) is 3.01. The Kier molecular flexibility index (Phi) is 2.61. The number of thiophene rings is 1. The Balaban J connectivity index is 2.12. The molecular weight excluding hydrogens is 258 g/mol. The van der Waals surface area contributed by atoms with E-state index in [0.717, 1.165) is 10.4 Å². The Morgan fingerprint density at radius 1 is 1.11 bits per heavy atom. The van der Waals surface area contributed by atoms with Gasteiger partial charge in [0.05, 0.1) is 16.0 Å². The van der Waals surface area contributed by atoms with Crippen LogP contribution in [0.25, 0.3) is 16.0 Å². The predicted molar refractivity (Wildman–Crippen MR) is 76.0 cm³/mol. The van der Waals surface area contributed by atoms with Crippen LogP contribution >= 0.6 is 11.3 Å². The van der Waals surface area contributed by atoms with E-state index >= 15 is 0 Å². The van der Waals surface area contributed by atoms with Gasteiger partial charge in [-0.05, 0) is 18.6 Å². The molecule has 94 valence electrons. The van der Waals surface area contributed by atoms with E-state index in [4.69, 9.17) is 0 Å². The monoisotopic (exact) mass is 269 g/mol. The van der Waals surface area contributed by atoms with Crippen molar-refractivity contribution in [3.8, 4) is 10.4 Å². The van der Waals surface area contributed by atoms with Crippen molar-refractivity contribution in [1.29, 1.82) is 0 Å². The molecule has 0 bridgehead atoms. The molecule has 2 aromatic rings. The molecule has 1 aromatic carbocycles. The van der Waals surface area contributed by atoms with Crippen molar-refractivity contribution >= 4 is 28.7 Å². The fourth-order valence-corrected chi connectivity index (χ4v) is 3.12.